The zero-order valence-corrected chi connectivity index (χ0v) is 23.6. The lowest BCUT2D eigenvalue weighted by Gasteiger charge is -2.25. The van der Waals surface area contributed by atoms with Crippen LogP contribution in [0.2, 0.25) is 0 Å². The lowest BCUT2D eigenvalue weighted by molar-refractivity contribution is -0.0671. The molecule has 44 heavy (non-hydrogen) atoms. The first-order valence-electron chi connectivity index (χ1n) is 12.7. The highest BCUT2D eigenvalue weighted by molar-refractivity contribution is 7.47. The van der Waals surface area contributed by atoms with Gasteiger partial charge in [0.25, 0.3) is 5.56 Å². The predicted molar refractivity (Wildman–Crippen MR) is 138 cm³/mol. The van der Waals surface area contributed by atoms with E-state index in [1.807, 2.05) is 0 Å². The van der Waals surface area contributed by atoms with Gasteiger partial charge in [-0.2, -0.15) is 0 Å². The van der Waals surface area contributed by atoms with Crippen LogP contribution in [-0.2, 0) is 36.7 Å². The van der Waals surface area contributed by atoms with Crippen LogP contribution in [0.15, 0.2) is 30.1 Å². The second-order valence-electron chi connectivity index (χ2n) is 9.87. The molecule has 0 amide bonds. The number of anilines is 1. The fourth-order valence-corrected chi connectivity index (χ4v) is 7.07. The molecule has 3 saturated heterocycles. The van der Waals surface area contributed by atoms with Gasteiger partial charge in [-0.15, -0.1) is 0 Å². The summed E-state index contributed by atoms with van der Waals surface area (Å²) in [6.07, 6.45) is -9.15. The number of hydrogen-bond acceptors (Lipinski definition) is 16. The molecule has 21 nitrogen and oxygen atoms in total. The number of nitrogens with one attached hydrogen (secondary N) is 1. The fourth-order valence-electron chi connectivity index (χ4n) is 5.18. The fraction of sp³-hybridized carbons (Fsp3) is 0.500. The van der Waals surface area contributed by atoms with E-state index in [0.29, 0.717) is 0 Å². The summed E-state index contributed by atoms with van der Waals surface area (Å²) in [5.74, 6) is 0.0168. The Morgan fingerprint density at radius 2 is 1.50 bits per heavy atom. The van der Waals surface area contributed by atoms with Crippen LogP contribution in [0.25, 0.3) is 22.3 Å². The van der Waals surface area contributed by atoms with Crippen molar-refractivity contribution in [2.45, 2.75) is 49.1 Å². The first-order chi connectivity index (χ1) is 20.9. The van der Waals surface area contributed by atoms with Gasteiger partial charge in [0.05, 0.1) is 32.2 Å². The molecule has 4 aromatic heterocycles. The molecular weight excluding hydrogens is 639 g/mol. The van der Waals surface area contributed by atoms with Crippen LogP contribution < -0.4 is 11.3 Å². The van der Waals surface area contributed by atoms with Gasteiger partial charge in [-0.05, 0) is 0 Å². The summed E-state index contributed by atoms with van der Waals surface area (Å²) in [7, 11) is -10.2. The molecule has 6 unspecified atom stereocenters. The summed E-state index contributed by atoms with van der Waals surface area (Å²) in [6.45, 7) is -1.73. The number of aromatic nitrogens is 8. The molecule has 3 aliphatic heterocycles. The molecule has 6 N–H and O–H groups in total. The van der Waals surface area contributed by atoms with Crippen molar-refractivity contribution in [1.29, 1.82) is 0 Å². The molecule has 3 aliphatic rings. The predicted octanol–water partition coefficient (Wildman–Crippen LogP) is -0.947. The van der Waals surface area contributed by atoms with Crippen LogP contribution in [0.4, 0.5) is 10.2 Å². The number of nitrogens with zero attached hydrogens (tertiary/aromatic N) is 7. The molecule has 7 rings (SSSR count). The van der Waals surface area contributed by atoms with Crippen molar-refractivity contribution in [2.24, 2.45) is 0 Å². The molecule has 2 bridgehead atoms. The molecule has 0 aromatic carbocycles. The van der Waals surface area contributed by atoms with Crippen LogP contribution >= 0.6 is 15.6 Å². The third-order valence-corrected chi connectivity index (χ3v) is 9.16. The SMILES string of the molecule is Nc1ncnc2c1ncn2C1OC2COP(=O)(O)O[C@@H]3C(COP(=O)(O)O[C@@H]1[C@@H]2O)OC(n1cnc2c(=O)[nH]cnc21)[C@@H]3F. The summed E-state index contributed by atoms with van der Waals surface area (Å²) < 4.78 is 76.3. The van der Waals surface area contributed by atoms with Crippen LogP contribution in [0.1, 0.15) is 12.5 Å². The minimum absolute atomic E-state index is 0.0168. The van der Waals surface area contributed by atoms with Crippen LogP contribution in [0.5, 0.6) is 0 Å². The Morgan fingerprint density at radius 3 is 2.25 bits per heavy atom. The van der Waals surface area contributed by atoms with Gasteiger partial charge >= 0.3 is 15.6 Å². The first-order valence-corrected chi connectivity index (χ1v) is 15.7. The maximum atomic E-state index is 15.8. The molecule has 236 valence electrons. The molecule has 0 spiro atoms. The maximum absolute atomic E-state index is 15.8. The van der Waals surface area contributed by atoms with Crippen molar-refractivity contribution < 1.29 is 56.0 Å². The van der Waals surface area contributed by atoms with Gasteiger partial charge in [0.1, 0.15) is 42.4 Å². The van der Waals surface area contributed by atoms with Gasteiger partial charge in [-0.1, -0.05) is 0 Å². The van der Waals surface area contributed by atoms with E-state index in [4.69, 9.17) is 33.3 Å². The Balaban J connectivity index is 1.20. The van der Waals surface area contributed by atoms with Crippen LogP contribution in [-0.4, -0.2) is 104 Å². The van der Waals surface area contributed by atoms with Gasteiger partial charge in [-0.3, -0.25) is 32.0 Å². The largest absolute Gasteiger partial charge is 0.472 e. The van der Waals surface area contributed by atoms with E-state index >= 15 is 4.39 Å². The summed E-state index contributed by atoms with van der Waals surface area (Å²) >= 11 is 0. The lowest BCUT2D eigenvalue weighted by Crippen LogP contribution is -2.35. The number of aliphatic hydroxyl groups excluding tert-OH is 1. The monoisotopic (exact) mass is 661 g/mol. The molecule has 4 aromatic rings. The number of aliphatic hydroxyl groups is 1. The second-order valence-corrected chi connectivity index (χ2v) is 12.7. The van der Waals surface area contributed by atoms with Crippen molar-refractivity contribution in [1.82, 2.24) is 39.0 Å². The van der Waals surface area contributed by atoms with Gasteiger partial charge in [0.2, 0.25) is 0 Å². The lowest BCUT2D eigenvalue weighted by atomic mass is 10.1. The van der Waals surface area contributed by atoms with Crippen molar-refractivity contribution >= 4 is 43.8 Å². The number of H-pyrrole nitrogens is 1. The van der Waals surface area contributed by atoms with Crippen LogP contribution in [0, 0.1) is 0 Å². The van der Waals surface area contributed by atoms with Gasteiger partial charge in [0, 0.05) is 0 Å². The molecule has 7 heterocycles. The van der Waals surface area contributed by atoms with Crippen LogP contribution in [0.3, 0.4) is 0 Å². The van der Waals surface area contributed by atoms with E-state index in [1.165, 1.54) is 10.9 Å². The third kappa shape index (κ3) is 5.03. The number of alkyl halides is 1. The van der Waals surface area contributed by atoms with E-state index in [0.717, 1.165) is 23.5 Å². The van der Waals surface area contributed by atoms with Gasteiger partial charge < -0.3 is 35.1 Å². The molecular formula is C20H22FN9O12P2. The van der Waals surface area contributed by atoms with Crippen molar-refractivity contribution in [3.63, 3.8) is 0 Å². The van der Waals surface area contributed by atoms with Gasteiger partial charge in [0.15, 0.2) is 41.3 Å². The summed E-state index contributed by atoms with van der Waals surface area (Å²) in [4.78, 5) is 55.4. The van der Waals surface area contributed by atoms with Crippen molar-refractivity contribution in [3.05, 3.63) is 35.7 Å². The average molecular weight is 661 g/mol. The highest BCUT2D eigenvalue weighted by Crippen LogP contribution is 2.54. The summed E-state index contributed by atoms with van der Waals surface area (Å²) in [6, 6.07) is 0. The molecule has 3 fully saturated rings. The standard InChI is InChI=1S/C20H22FN9O12P2/c21-9-13-8(40-19(9)29-6-28-11-17(29)25-4-26-18(11)32)2-38-44(35,36)42-14-12(31)7(1-37-43(33,34)41-13)39-20(14)30-5-27-10-15(22)23-3-24-16(10)30/h3-9,12-14,19-20,31H,1-2H2,(H,33,34)(H,35,36)(H2,22,23,24)(H,25,26,32)/t7?,8?,9-,12-,13-,14-,19?,20?/m1/s1. The number of fused-ring (bicyclic) bond motifs is 5. The zero-order valence-electron chi connectivity index (χ0n) is 21.8. The maximum Gasteiger partial charge on any atom is 0.472 e. The number of imidazole rings is 2. The second kappa shape index (κ2) is 10.7. The Kier molecular flexibility index (Phi) is 7.14. The molecule has 0 radical (unpaired) electrons. The van der Waals surface area contributed by atoms with Crippen molar-refractivity contribution in [3.8, 4) is 0 Å². The Morgan fingerprint density at radius 1 is 0.886 bits per heavy atom. The van der Waals surface area contributed by atoms with Gasteiger partial charge in [-0.25, -0.2) is 38.4 Å². The number of ether oxygens (including phenoxy) is 2. The number of phosphoric ester groups is 2. The number of halogens is 1. The minimum atomic E-state index is -5.13. The topological polar surface area (TPSA) is 283 Å². The first kappa shape index (κ1) is 29.4. The Labute approximate surface area is 242 Å². The normalized spacial score (nSPS) is 38.3. The number of aromatic amines is 1. The minimum Gasteiger partial charge on any atom is -0.387 e. The number of hydrogen-bond donors (Lipinski definition) is 5. The Bertz CT molecular complexity index is 1890. The number of nitrogens with two attached hydrogens (primary N) is 1. The van der Waals surface area contributed by atoms with E-state index in [-0.39, 0.29) is 28.1 Å². The molecule has 24 heteroatoms. The molecule has 10 atom stereocenters. The number of nitrogen functional groups attached to an aromatic ring is 1. The quantitative estimate of drug-likeness (QED) is 0.162. The summed E-state index contributed by atoms with van der Waals surface area (Å²) in [5, 5.41) is 11.0. The molecule has 0 saturated carbocycles. The van der Waals surface area contributed by atoms with E-state index < -0.39 is 83.6 Å². The van der Waals surface area contributed by atoms with E-state index in [9.17, 15) is 28.8 Å². The highest BCUT2D eigenvalue weighted by Gasteiger charge is 2.54. The van der Waals surface area contributed by atoms with Crippen molar-refractivity contribution in [2.75, 3.05) is 18.9 Å². The molecule has 0 aliphatic carbocycles. The smallest absolute Gasteiger partial charge is 0.387 e. The number of phosphoric acid groups is 2. The van der Waals surface area contributed by atoms with E-state index in [1.54, 1.807) is 0 Å². The zero-order chi connectivity index (χ0) is 31.0. The average Bonchev–Trinajstić information content (AvgIpc) is 3.73. The Hall–Kier alpha value is -3.27. The number of rotatable bonds is 2. The highest BCUT2D eigenvalue weighted by atomic mass is 31.2. The third-order valence-electron chi connectivity index (χ3n) is 7.19. The van der Waals surface area contributed by atoms with E-state index in [2.05, 4.69) is 29.9 Å². The summed E-state index contributed by atoms with van der Waals surface area (Å²) in [5.41, 5.74) is 5.26.